The topological polar surface area (TPSA) is 67.2 Å². The zero-order valence-electron chi connectivity index (χ0n) is 22.0. The van der Waals surface area contributed by atoms with Gasteiger partial charge in [0.1, 0.15) is 5.82 Å². The average Bonchev–Trinajstić information content (AvgIpc) is 2.84. The minimum Gasteiger partial charge on any atom is -0.333 e. The molecule has 4 aromatic rings. The van der Waals surface area contributed by atoms with Gasteiger partial charge in [-0.15, -0.1) is 0 Å². The van der Waals surface area contributed by atoms with Crippen LogP contribution in [0, 0.1) is 6.92 Å². The zero-order chi connectivity index (χ0) is 26.7. The maximum absolute atomic E-state index is 13.9. The maximum Gasteiger partial charge on any atom is 0.318 e. The Bertz CT molecular complexity index is 1470. The van der Waals surface area contributed by atoms with Crippen LogP contribution >= 0.6 is 11.6 Å². The first-order valence-electron chi connectivity index (χ1n) is 12.5. The fourth-order valence-corrected chi connectivity index (χ4v) is 4.66. The normalized spacial score (nSPS) is 12.4. The molecule has 3 aromatic carbocycles. The van der Waals surface area contributed by atoms with Crippen molar-refractivity contribution >= 4 is 28.5 Å². The highest BCUT2D eigenvalue weighted by Crippen LogP contribution is 2.26. The first-order valence-corrected chi connectivity index (χ1v) is 12.8. The SMILES string of the molecule is Cc1cc(Cl)ccc1-n1c(C(C)N(CCc2ccccc2)C(=O)NC(C)(C)C)nc2ccccc2c1=O. The third-order valence-electron chi connectivity index (χ3n) is 6.27. The third kappa shape index (κ3) is 6.03. The third-order valence-corrected chi connectivity index (χ3v) is 6.50. The molecule has 0 saturated carbocycles. The number of hydrogen-bond donors (Lipinski definition) is 1. The molecule has 0 radical (unpaired) electrons. The van der Waals surface area contributed by atoms with Gasteiger partial charge in [0.2, 0.25) is 0 Å². The summed E-state index contributed by atoms with van der Waals surface area (Å²) in [4.78, 5) is 34.1. The second-order valence-corrected chi connectivity index (χ2v) is 10.8. The van der Waals surface area contributed by atoms with Crippen LogP contribution in [-0.2, 0) is 6.42 Å². The first-order chi connectivity index (χ1) is 17.5. The number of benzene rings is 3. The number of fused-ring (bicyclic) bond motifs is 1. The predicted molar refractivity (Wildman–Crippen MR) is 151 cm³/mol. The van der Waals surface area contributed by atoms with E-state index in [1.54, 1.807) is 21.6 Å². The summed E-state index contributed by atoms with van der Waals surface area (Å²) in [5, 5.41) is 4.20. The number of para-hydroxylation sites is 1. The van der Waals surface area contributed by atoms with E-state index in [0.29, 0.717) is 40.4 Å². The molecule has 1 heterocycles. The van der Waals surface area contributed by atoms with Gasteiger partial charge < -0.3 is 10.2 Å². The second-order valence-electron chi connectivity index (χ2n) is 10.3. The van der Waals surface area contributed by atoms with E-state index in [1.165, 1.54) is 0 Å². The Morgan fingerprint density at radius 3 is 2.41 bits per heavy atom. The lowest BCUT2D eigenvalue weighted by atomic mass is 10.1. The van der Waals surface area contributed by atoms with Crippen molar-refractivity contribution in [1.82, 2.24) is 19.8 Å². The highest BCUT2D eigenvalue weighted by Gasteiger charge is 2.29. The van der Waals surface area contributed by atoms with Gasteiger partial charge in [-0.1, -0.05) is 54.1 Å². The van der Waals surface area contributed by atoms with E-state index in [4.69, 9.17) is 16.6 Å². The van der Waals surface area contributed by atoms with Crippen LogP contribution in [0.1, 0.15) is 50.7 Å². The van der Waals surface area contributed by atoms with Gasteiger partial charge in [-0.2, -0.15) is 0 Å². The molecule has 0 aliphatic heterocycles. The number of halogens is 1. The Morgan fingerprint density at radius 2 is 1.73 bits per heavy atom. The van der Waals surface area contributed by atoms with Gasteiger partial charge in [-0.05, 0) is 82.5 Å². The summed E-state index contributed by atoms with van der Waals surface area (Å²) in [5.74, 6) is 0.492. The van der Waals surface area contributed by atoms with Crippen molar-refractivity contribution in [1.29, 1.82) is 0 Å². The van der Waals surface area contributed by atoms with Crippen LogP contribution in [0.15, 0.2) is 77.6 Å². The number of amides is 2. The van der Waals surface area contributed by atoms with Crippen LogP contribution in [0.5, 0.6) is 0 Å². The van der Waals surface area contributed by atoms with E-state index in [-0.39, 0.29) is 11.6 Å². The molecule has 0 saturated heterocycles. The molecule has 0 bridgehead atoms. The van der Waals surface area contributed by atoms with E-state index >= 15 is 0 Å². The number of aryl methyl sites for hydroxylation is 1. The van der Waals surface area contributed by atoms with Crippen LogP contribution in [0.2, 0.25) is 5.02 Å². The van der Waals surface area contributed by atoms with Crippen molar-refractivity contribution in [2.75, 3.05) is 6.54 Å². The van der Waals surface area contributed by atoms with Crippen molar-refractivity contribution in [2.45, 2.75) is 52.6 Å². The van der Waals surface area contributed by atoms with Gasteiger partial charge in [0.25, 0.3) is 5.56 Å². The van der Waals surface area contributed by atoms with Crippen LogP contribution in [0.25, 0.3) is 16.6 Å². The zero-order valence-corrected chi connectivity index (χ0v) is 22.7. The molecule has 192 valence electrons. The monoisotopic (exact) mass is 516 g/mol. The number of rotatable bonds is 6. The molecule has 6 nitrogen and oxygen atoms in total. The Labute approximate surface area is 222 Å². The molecule has 1 aromatic heterocycles. The van der Waals surface area contributed by atoms with E-state index in [0.717, 1.165) is 11.1 Å². The summed E-state index contributed by atoms with van der Waals surface area (Å²) in [6.07, 6.45) is 0.667. The lowest BCUT2D eigenvalue weighted by Crippen LogP contribution is -2.50. The molecule has 0 spiro atoms. The van der Waals surface area contributed by atoms with Crippen LogP contribution in [-0.4, -0.2) is 32.6 Å². The smallest absolute Gasteiger partial charge is 0.318 e. The summed E-state index contributed by atoms with van der Waals surface area (Å²) < 4.78 is 1.62. The van der Waals surface area contributed by atoms with Crippen LogP contribution in [0.4, 0.5) is 4.79 Å². The highest BCUT2D eigenvalue weighted by molar-refractivity contribution is 6.30. The summed E-state index contributed by atoms with van der Waals surface area (Å²) in [6.45, 7) is 10.1. The number of nitrogens with one attached hydrogen (secondary N) is 1. The summed E-state index contributed by atoms with van der Waals surface area (Å²) in [6, 6.07) is 22.1. The maximum atomic E-state index is 13.9. The van der Waals surface area contributed by atoms with Crippen LogP contribution < -0.4 is 10.9 Å². The van der Waals surface area contributed by atoms with Crippen molar-refractivity contribution in [2.24, 2.45) is 0 Å². The minimum atomic E-state index is -0.501. The van der Waals surface area contributed by atoms with E-state index in [2.05, 4.69) is 5.32 Å². The lowest BCUT2D eigenvalue weighted by Gasteiger charge is -2.33. The highest BCUT2D eigenvalue weighted by atomic mass is 35.5. The fourth-order valence-electron chi connectivity index (χ4n) is 4.43. The van der Waals surface area contributed by atoms with Crippen molar-refractivity contribution in [3.05, 3.63) is 105 Å². The second kappa shape index (κ2) is 10.8. The van der Waals surface area contributed by atoms with Gasteiger partial charge in [-0.25, -0.2) is 9.78 Å². The van der Waals surface area contributed by atoms with E-state index in [1.807, 2.05) is 95.3 Å². The minimum absolute atomic E-state index is 0.183. The Kier molecular flexibility index (Phi) is 7.69. The quantitative estimate of drug-likeness (QED) is 0.319. The van der Waals surface area contributed by atoms with E-state index < -0.39 is 11.6 Å². The molecule has 1 unspecified atom stereocenters. The van der Waals surface area contributed by atoms with Gasteiger partial charge >= 0.3 is 6.03 Å². The molecule has 1 atom stereocenters. The molecular weight excluding hydrogens is 484 g/mol. The van der Waals surface area contributed by atoms with Crippen molar-refractivity contribution in [3.8, 4) is 5.69 Å². The predicted octanol–water partition coefficient (Wildman–Crippen LogP) is 6.46. The van der Waals surface area contributed by atoms with Gasteiger partial charge in [0.05, 0.1) is 22.6 Å². The molecule has 4 rings (SSSR count). The number of hydrogen-bond acceptors (Lipinski definition) is 3. The average molecular weight is 517 g/mol. The van der Waals surface area contributed by atoms with E-state index in [9.17, 15) is 9.59 Å². The molecule has 0 fully saturated rings. The summed E-state index contributed by atoms with van der Waals surface area (Å²) in [7, 11) is 0. The van der Waals surface area contributed by atoms with Gasteiger partial charge in [0, 0.05) is 17.1 Å². The van der Waals surface area contributed by atoms with Crippen LogP contribution in [0.3, 0.4) is 0 Å². The number of nitrogens with zero attached hydrogens (tertiary/aromatic N) is 3. The molecular formula is C30H33ClN4O2. The fraction of sp³-hybridized carbons (Fsp3) is 0.300. The summed E-state index contributed by atoms with van der Waals surface area (Å²) >= 11 is 6.23. The molecule has 37 heavy (non-hydrogen) atoms. The molecule has 7 heteroatoms. The van der Waals surface area contributed by atoms with Gasteiger partial charge in [-0.3, -0.25) is 9.36 Å². The number of urea groups is 1. The Morgan fingerprint density at radius 1 is 1.05 bits per heavy atom. The molecule has 2 amide bonds. The lowest BCUT2D eigenvalue weighted by molar-refractivity contribution is 0.168. The largest absolute Gasteiger partial charge is 0.333 e. The number of aromatic nitrogens is 2. The Hall–Kier alpha value is -3.64. The standard InChI is InChI=1S/C30H33ClN4O2/c1-20-19-23(31)15-16-26(20)35-27(32-25-14-10-9-13-24(25)28(35)36)21(2)34(29(37)33-30(3,4)5)18-17-22-11-7-6-8-12-22/h6-16,19,21H,17-18H2,1-5H3,(H,33,37). The number of carbonyl (C=O) groups excluding carboxylic acids is 1. The molecule has 0 aliphatic carbocycles. The molecule has 1 N–H and O–H groups in total. The first kappa shape index (κ1) is 26.4. The summed E-state index contributed by atoms with van der Waals surface area (Å²) in [5.41, 5.74) is 2.64. The number of carbonyl (C=O) groups is 1. The molecule has 0 aliphatic rings. The van der Waals surface area contributed by atoms with Gasteiger partial charge in [0.15, 0.2) is 0 Å². The van der Waals surface area contributed by atoms with Crippen molar-refractivity contribution < 1.29 is 4.79 Å². The Balaban J connectivity index is 1.87. The van der Waals surface area contributed by atoms with Crippen molar-refractivity contribution in [3.63, 3.8) is 0 Å².